The first-order valence-corrected chi connectivity index (χ1v) is 9.01. The summed E-state index contributed by atoms with van der Waals surface area (Å²) in [5, 5.41) is 7.52. The molecular formula is C18H22ClN5O2. The molecule has 0 bridgehead atoms. The van der Waals surface area contributed by atoms with Crippen LogP contribution in [0.15, 0.2) is 30.5 Å². The third kappa shape index (κ3) is 3.73. The number of likely N-dealkylation sites (N-methyl/N-ethyl adjacent to an activating group) is 1. The summed E-state index contributed by atoms with van der Waals surface area (Å²) in [6.07, 6.45) is 1.49. The Balaban J connectivity index is 1.93. The topological polar surface area (TPSA) is 70.5 Å². The smallest absolute Gasteiger partial charge is 0.259 e. The predicted molar refractivity (Wildman–Crippen MR) is 101 cm³/mol. The molecule has 2 amide bonds. The van der Waals surface area contributed by atoms with Crippen LogP contribution in [0.1, 0.15) is 24.2 Å². The molecule has 138 valence electrons. The van der Waals surface area contributed by atoms with Gasteiger partial charge in [-0.15, -0.1) is 0 Å². The summed E-state index contributed by atoms with van der Waals surface area (Å²) in [5.74, 6) is -0.0695. The standard InChI is InChI=1S/C18H22ClN5O2/c1-3-22-8-10-23(11-9-22)18(26)14-12-20-24(17(14)21-13(2)25)16-7-5-4-6-15(16)19/h4-7,12H,3,8-11H2,1-2H3,(H,21,25). The van der Waals surface area contributed by atoms with E-state index >= 15 is 0 Å². The van der Waals surface area contributed by atoms with Gasteiger partial charge in [-0.1, -0.05) is 30.7 Å². The number of piperazine rings is 1. The maximum atomic E-state index is 13.0. The van der Waals surface area contributed by atoms with Crippen LogP contribution in [0.4, 0.5) is 5.82 Å². The first-order valence-electron chi connectivity index (χ1n) is 8.63. The van der Waals surface area contributed by atoms with Crippen molar-refractivity contribution in [3.63, 3.8) is 0 Å². The zero-order valence-corrected chi connectivity index (χ0v) is 15.7. The molecule has 1 fully saturated rings. The Morgan fingerprint density at radius 1 is 1.19 bits per heavy atom. The van der Waals surface area contributed by atoms with E-state index in [1.807, 2.05) is 12.1 Å². The number of halogens is 1. The van der Waals surface area contributed by atoms with E-state index in [4.69, 9.17) is 11.6 Å². The number of para-hydroxylation sites is 1. The zero-order chi connectivity index (χ0) is 18.7. The highest BCUT2D eigenvalue weighted by Crippen LogP contribution is 2.26. The molecule has 1 aromatic heterocycles. The average Bonchev–Trinajstić information content (AvgIpc) is 3.04. The molecule has 0 atom stereocenters. The van der Waals surface area contributed by atoms with E-state index in [1.165, 1.54) is 17.8 Å². The average molecular weight is 376 g/mol. The van der Waals surface area contributed by atoms with Gasteiger partial charge in [0.05, 0.1) is 16.9 Å². The van der Waals surface area contributed by atoms with Crippen molar-refractivity contribution < 1.29 is 9.59 Å². The van der Waals surface area contributed by atoms with Crippen molar-refractivity contribution in [2.24, 2.45) is 0 Å². The lowest BCUT2D eigenvalue weighted by Crippen LogP contribution is -2.48. The molecule has 3 rings (SSSR count). The molecule has 0 unspecified atom stereocenters. The van der Waals surface area contributed by atoms with Crippen molar-refractivity contribution >= 4 is 29.2 Å². The van der Waals surface area contributed by atoms with Crippen molar-refractivity contribution in [3.05, 3.63) is 41.0 Å². The molecular weight excluding hydrogens is 354 g/mol. The summed E-state index contributed by atoms with van der Waals surface area (Å²) in [6, 6.07) is 7.16. The fourth-order valence-electron chi connectivity index (χ4n) is 3.04. The zero-order valence-electron chi connectivity index (χ0n) is 14.9. The summed E-state index contributed by atoms with van der Waals surface area (Å²) in [6.45, 7) is 7.49. The van der Waals surface area contributed by atoms with Crippen LogP contribution in [0.3, 0.4) is 0 Å². The number of aromatic nitrogens is 2. The van der Waals surface area contributed by atoms with Crippen molar-refractivity contribution in [2.45, 2.75) is 13.8 Å². The van der Waals surface area contributed by atoms with Crippen molar-refractivity contribution in [3.8, 4) is 5.69 Å². The van der Waals surface area contributed by atoms with Crippen LogP contribution in [0.5, 0.6) is 0 Å². The van der Waals surface area contributed by atoms with E-state index in [9.17, 15) is 9.59 Å². The SMILES string of the molecule is CCN1CCN(C(=O)c2cnn(-c3ccccc3Cl)c2NC(C)=O)CC1. The molecule has 2 heterocycles. The summed E-state index contributed by atoms with van der Waals surface area (Å²) < 4.78 is 1.50. The number of carbonyl (C=O) groups is 2. The van der Waals surface area contributed by atoms with Crippen LogP contribution in [0.2, 0.25) is 5.02 Å². The number of carbonyl (C=O) groups excluding carboxylic acids is 2. The third-order valence-corrected chi connectivity index (χ3v) is 4.80. The van der Waals surface area contributed by atoms with Crippen LogP contribution in [-0.4, -0.2) is 64.1 Å². The lowest BCUT2D eigenvalue weighted by Gasteiger charge is -2.34. The minimum atomic E-state index is -0.274. The second-order valence-electron chi connectivity index (χ2n) is 6.18. The van der Waals surface area contributed by atoms with E-state index in [-0.39, 0.29) is 11.8 Å². The van der Waals surface area contributed by atoms with Crippen molar-refractivity contribution in [2.75, 3.05) is 38.0 Å². The molecule has 1 aromatic carbocycles. The highest BCUT2D eigenvalue weighted by atomic mass is 35.5. The summed E-state index contributed by atoms with van der Waals surface area (Å²) in [4.78, 5) is 28.8. The number of nitrogens with zero attached hydrogens (tertiary/aromatic N) is 4. The van der Waals surface area contributed by atoms with Gasteiger partial charge in [-0.3, -0.25) is 9.59 Å². The molecule has 0 saturated carbocycles. The molecule has 0 spiro atoms. The highest BCUT2D eigenvalue weighted by Gasteiger charge is 2.27. The molecule has 8 heteroatoms. The molecule has 1 aliphatic heterocycles. The number of benzene rings is 1. The maximum absolute atomic E-state index is 13.0. The minimum Gasteiger partial charge on any atom is -0.336 e. The highest BCUT2D eigenvalue weighted by molar-refractivity contribution is 6.32. The lowest BCUT2D eigenvalue weighted by atomic mass is 10.2. The summed E-state index contributed by atoms with van der Waals surface area (Å²) in [7, 11) is 0. The van der Waals surface area contributed by atoms with Gasteiger partial charge in [-0.25, -0.2) is 4.68 Å². The second kappa shape index (κ2) is 7.88. The number of hydrogen-bond acceptors (Lipinski definition) is 4. The van der Waals surface area contributed by atoms with Gasteiger partial charge < -0.3 is 15.1 Å². The van der Waals surface area contributed by atoms with Gasteiger partial charge in [0, 0.05) is 33.1 Å². The Kier molecular flexibility index (Phi) is 5.58. The quantitative estimate of drug-likeness (QED) is 0.889. The van der Waals surface area contributed by atoms with Gasteiger partial charge in [0.1, 0.15) is 11.4 Å². The fourth-order valence-corrected chi connectivity index (χ4v) is 3.25. The second-order valence-corrected chi connectivity index (χ2v) is 6.58. The monoisotopic (exact) mass is 375 g/mol. The van der Waals surface area contributed by atoms with Crippen molar-refractivity contribution in [1.82, 2.24) is 19.6 Å². The van der Waals surface area contributed by atoms with Gasteiger partial charge in [-0.05, 0) is 18.7 Å². The first-order chi connectivity index (χ1) is 12.5. The Labute approximate surface area is 157 Å². The fraction of sp³-hybridized carbons (Fsp3) is 0.389. The number of anilines is 1. The van der Waals surface area contributed by atoms with Crippen LogP contribution in [0, 0.1) is 0 Å². The number of rotatable bonds is 4. The number of amides is 2. The van der Waals surface area contributed by atoms with Gasteiger partial charge in [-0.2, -0.15) is 5.10 Å². The number of hydrogen-bond donors (Lipinski definition) is 1. The van der Waals surface area contributed by atoms with E-state index in [0.717, 1.165) is 19.6 Å². The van der Waals surface area contributed by atoms with Gasteiger partial charge in [0.15, 0.2) is 0 Å². The van der Waals surface area contributed by atoms with Crippen LogP contribution in [0.25, 0.3) is 5.69 Å². The normalized spacial score (nSPS) is 15.1. The minimum absolute atomic E-state index is 0.136. The Bertz CT molecular complexity index is 812. The first kappa shape index (κ1) is 18.4. The van der Waals surface area contributed by atoms with E-state index in [1.54, 1.807) is 17.0 Å². The Morgan fingerprint density at radius 2 is 1.88 bits per heavy atom. The van der Waals surface area contributed by atoms with Gasteiger partial charge in [0.2, 0.25) is 5.91 Å². The molecule has 1 aliphatic rings. The molecule has 0 aliphatic carbocycles. The largest absolute Gasteiger partial charge is 0.336 e. The van der Waals surface area contributed by atoms with Gasteiger partial charge in [0.25, 0.3) is 5.91 Å². The Morgan fingerprint density at radius 3 is 2.50 bits per heavy atom. The maximum Gasteiger partial charge on any atom is 0.259 e. The summed E-state index contributed by atoms with van der Waals surface area (Å²) in [5.41, 5.74) is 0.970. The van der Waals surface area contributed by atoms with E-state index in [0.29, 0.717) is 35.2 Å². The molecule has 26 heavy (non-hydrogen) atoms. The predicted octanol–water partition coefficient (Wildman–Crippen LogP) is 2.26. The summed E-state index contributed by atoms with van der Waals surface area (Å²) >= 11 is 6.26. The Hall–Kier alpha value is -2.38. The van der Waals surface area contributed by atoms with E-state index in [2.05, 4.69) is 22.2 Å². The van der Waals surface area contributed by atoms with Crippen LogP contribution >= 0.6 is 11.6 Å². The molecule has 1 saturated heterocycles. The van der Waals surface area contributed by atoms with Crippen LogP contribution in [-0.2, 0) is 4.79 Å². The molecule has 2 aromatic rings. The van der Waals surface area contributed by atoms with E-state index < -0.39 is 0 Å². The van der Waals surface area contributed by atoms with Crippen molar-refractivity contribution in [1.29, 1.82) is 0 Å². The van der Waals surface area contributed by atoms with Crippen LogP contribution < -0.4 is 5.32 Å². The number of nitrogens with one attached hydrogen (secondary N) is 1. The van der Waals surface area contributed by atoms with Gasteiger partial charge >= 0.3 is 0 Å². The molecule has 0 radical (unpaired) electrons. The third-order valence-electron chi connectivity index (χ3n) is 4.48. The molecule has 1 N–H and O–H groups in total. The molecule has 7 nitrogen and oxygen atoms in total. The lowest BCUT2D eigenvalue weighted by molar-refractivity contribution is -0.114.